The van der Waals surface area contributed by atoms with Gasteiger partial charge in [0.2, 0.25) is 0 Å². The highest BCUT2D eigenvalue weighted by Gasteiger charge is 2.38. The van der Waals surface area contributed by atoms with Crippen molar-refractivity contribution in [2.75, 3.05) is 57.0 Å². The van der Waals surface area contributed by atoms with Crippen molar-refractivity contribution in [3.8, 4) is 67.8 Å². The fourth-order valence-electron chi connectivity index (χ4n) is 15.6. The van der Waals surface area contributed by atoms with Gasteiger partial charge in [0.05, 0.1) is 48.1 Å². The predicted molar refractivity (Wildman–Crippen MR) is 469 cm³/mol. The number of aromatic amines is 5. The molecule has 0 bridgehead atoms. The summed E-state index contributed by atoms with van der Waals surface area (Å²) in [5.41, 5.74) is 21.9. The topological polar surface area (TPSA) is 291 Å². The number of fused-ring (bicyclic) bond motifs is 5. The van der Waals surface area contributed by atoms with Crippen molar-refractivity contribution in [1.82, 2.24) is 80.8 Å². The van der Waals surface area contributed by atoms with Crippen molar-refractivity contribution < 1.29 is 33.4 Å². The number of rotatable bonds is 13. The van der Waals surface area contributed by atoms with Gasteiger partial charge >= 0.3 is 18.1 Å². The molecule has 7 N–H and O–H groups in total. The van der Waals surface area contributed by atoms with Crippen molar-refractivity contribution in [1.29, 1.82) is 0 Å². The molecule has 0 saturated carbocycles. The van der Waals surface area contributed by atoms with E-state index in [9.17, 15) is 24.0 Å². The number of hydrogen-bond acceptors (Lipinski definition) is 12. The number of amides is 8. The maximum absolute atomic E-state index is 13.2. The van der Waals surface area contributed by atoms with Gasteiger partial charge in [0, 0.05) is 187 Å². The maximum atomic E-state index is 13.2. The lowest BCUT2D eigenvalue weighted by Crippen LogP contribution is -2.50. The van der Waals surface area contributed by atoms with Gasteiger partial charge < -0.3 is 44.6 Å². The third-order valence-electron chi connectivity index (χ3n) is 22.1. The first kappa shape index (κ1) is 81.5. The van der Waals surface area contributed by atoms with Crippen LogP contribution in [-0.2, 0) is 74.4 Å². The Morgan fingerprint density at radius 3 is 1.03 bits per heavy atom. The molecule has 0 aliphatic carbocycles. The zero-order valence-electron chi connectivity index (χ0n) is 68.4. The van der Waals surface area contributed by atoms with Crippen LogP contribution < -0.4 is 25.0 Å². The molecule has 9 aromatic carbocycles. The van der Waals surface area contributed by atoms with E-state index >= 15 is 0 Å². The number of urea groups is 3. The molecular formula is C96H98N18O7. The lowest BCUT2D eigenvalue weighted by Gasteiger charge is -2.34. The second-order valence-electron chi connectivity index (χ2n) is 30.5. The Morgan fingerprint density at radius 1 is 0.372 bits per heavy atom. The van der Waals surface area contributed by atoms with Gasteiger partial charge in [-0.1, -0.05) is 224 Å². The normalized spacial score (nSPS) is 13.9. The van der Waals surface area contributed by atoms with Crippen LogP contribution in [0.3, 0.4) is 0 Å². The standard InChI is InChI=1S/C22H23N3O2.C21H21N3O2.C20H20N4O.C19H18N4O.C14H16N4O/c1-22(2,27-17-11-7-4-8-12-17)21(26)25-14-13-19-18(15-25)20(24-23-19)16-9-5-3-6-10-16;1-15(26-17-10-6-3-7-11-17)21(25)24-13-12-19-18(14-24)20(23-22-19)16-8-4-2-5-9-16;1-23(16-10-6-3-7-11-16)20(25)24-13-12-18-17(14-24)19(22-21-18)15-8-4-2-5-9-15;24-19(20-15-9-5-2-6-10-15)23-12-11-17-16(13-23)18(22-21-17)14-7-3-1-4-8-14;1-15-14(19)18-8-7-12-11(9-18)13(17-16-12)10-5-3-2-4-6-10/h3-12H,13-15H2,1-2H3,(H,23,24);2-11,15H,12-14H2,1H3,(H,22,23);2-11H,12-14H2,1H3,(H,21,22);1-10H,11-13H2,(H,20,24)(H,21,22);2-6H,7-9H2,1H3,(H,15,19)(H,16,17). The molecule has 10 heterocycles. The number of ether oxygens (including phenoxy) is 2. The fourth-order valence-corrected chi connectivity index (χ4v) is 15.6. The molecule has 5 aliphatic heterocycles. The van der Waals surface area contributed by atoms with Gasteiger partial charge in [-0.15, -0.1) is 0 Å². The maximum Gasteiger partial charge on any atom is 0.324 e. The molecule has 0 fully saturated rings. The summed E-state index contributed by atoms with van der Waals surface area (Å²) in [6, 6.07) is 88.4. The number of benzene rings is 9. The van der Waals surface area contributed by atoms with Crippen LogP contribution in [0.5, 0.6) is 11.5 Å². The number of nitrogens with one attached hydrogen (secondary N) is 7. The molecule has 19 rings (SSSR count). The molecule has 1 atom stereocenters. The van der Waals surface area contributed by atoms with Crippen LogP contribution in [-0.4, -0.2) is 164 Å². The number of nitrogens with zero attached hydrogens (tertiary/aromatic N) is 11. The summed E-state index contributed by atoms with van der Waals surface area (Å²) in [6.45, 7) is 11.7. The molecule has 0 radical (unpaired) electrons. The molecule has 5 aliphatic rings. The van der Waals surface area contributed by atoms with Gasteiger partial charge in [-0.25, -0.2) is 14.4 Å². The molecule has 8 amide bonds. The monoisotopic (exact) mass is 1610 g/mol. The van der Waals surface area contributed by atoms with Crippen LogP contribution in [0.2, 0.25) is 0 Å². The average Bonchev–Trinajstić information content (AvgIpc) is 1.68. The van der Waals surface area contributed by atoms with Crippen molar-refractivity contribution >= 4 is 41.3 Å². The molecule has 0 saturated heterocycles. The van der Waals surface area contributed by atoms with E-state index in [1.165, 1.54) is 0 Å². The average molecular weight is 1620 g/mol. The SMILES string of the molecule is CC(C)(Oc1ccccc1)C(=O)N1CCc2[nH]nc(-c3ccccc3)c2C1.CC(Oc1ccccc1)C(=O)N1CCc2[nH]nc(-c3ccccc3)c2C1.CN(C(=O)N1CCc2[nH]nc(-c3ccccc3)c2C1)c1ccccc1.CNC(=O)N1CCc2[nH]nc(-c3ccccc3)c2C1.O=C(Nc1ccccc1)N1CCc2[nH]nc(-c3ccccc3)c2C1. The van der Waals surface area contributed by atoms with Gasteiger partial charge in [0.25, 0.3) is 11.8 Å². The van der Waals surface area contributed by atoms with E-state index in [4.69, 9.17) is 9.47 Å². The van der Waals surface area contributed by atoms with Crippen molar-refractivity contribution in [2.24, 2.45) is 0 Å². The highest BCUT2D eigenvalue weighted by Crippen LogP contribution is 2.36. The second-order valence-corrected chi connectivity index (χ2v) is 30.5. The smallest absolute Gasteiger partial charge is 0.324 e. The molecule has 0 spiro atoms. The summed E-state index contributed by atoms with van der Waals surface area (Å²) in [5.74, 6) is 1.39. The minimum absolute atomic E-state index is 0.000264. The molecular weight excluding hydrogens is 1520 g/mol. The third kappa shape index (κ3) is 19.5. The number of H-pyrrole nitrogens is 5. The quantitative estimate of drug-likeness (QED) is 0.0567. The van der Waals surface area contributed by atoms with Crippen LogP contribution in [0.25, 0.3) is 56.3 Å². The first-order valence-electron chi connectivity index (χ1n) is 40.9. The van der Waals surface area contributed by atoms with Gasteiger partial charge in [-0.05, 0) is 69.3 Å². The van der Waals surface area contributed by atoms with Crippen LogP contribution in [0.4, 0.5) is 25.8 Å². The number of hydrogen-bond donors (Lipinski definition) is 7. The highest BCUT2D eigenvalue weighted by molar-refractivity contribution is 5.92. The first-order chi connectivity index (χ1) is 59.1. The fraction of sp³-hybridized carbons (Fsp3) is 0.229. The minimum atomic E-state index is -0.935. The summed E-state index contributed by atoms with van der Waals surface area (Å²) in [7, 11) is 3.48. The molecule has 14 aromatic rings. The van der Waals surface area contributed by atoms with Crippen molar-refractivity contribution in [2.45, 2.75) is 97.3 Å². The lowest BCUT2D eigenvalue weighted by atomic mass is 9.99. The zero-order valence-corrected chi connectivity index (χ0v) is 68.4. The van der Waals surface area contributed by atoms with E-state index in [2.05, 4.69) is 61.6 Å². The number of aromatic nitrogens is 10. The van der Waals surface area contributed by atoms with Gasteiger partial charge in [0.1, 0.15) is 11.5 Å². The predicted octanol–water partition coefficient (Wildman–Crippen LogP) is 16.4. The van der Waals surface area contributed by atoms with E-state index in [0.717, 1.165) is 163 Å². The Bertz CT molecular complexity index is 5770. The summed E-state index contributed by atoms with van der Waals surface area (Å²) in [6.07, 6.45) is 3.43. The molecule has 121 heavy (non-hydrogen) atoms. The number of carbonyl (C=O) groups is 5. The second kappa shape index (κ2) is 38.2. The Hall–Kier alpha value is -14.6. The van der Waals surface area contributed by atoms with Crippen LogP contribution in [0.15, 0.2) is 273 Å². The molecule has 25 nitrogen and oxygen atoms in total. The first-order valence-corrected chi connectivity index (χ1v) is 40.9. The molecule has 5 aromatic heterocycles. The van der Waals surface area contributed by atoms with Gasteiger partial charge in [-0.3, -0.25) is 40.0 Å². The Kier molecular flexibility index (Phi) is 25.7. The highest BCUT2D eigenvalue weighted by atomic mass is 16.5. The molecule has 1 unspecified atom stereocenters. The molecule has 25 heteroatoms. The van der Waals surface area contributed by atoms with E-state index < -0.39 is 11.7 Å². The van der Waals surface area contributed by atoms with Crippen molar-refractivity contribution in [3.05, 3.63) is 329 Å². The summed E-state index contributed by atoms with van der Waals surface area (Å²) in [5, 5.41) is 43.6. The van der Waals surface area contributed by atoms with E-state index in [1.54, 1.807) is 18.9 Å². The van der Waals surface area contributed by atoms with E-state index in [1.807, 2.05) is 318 Å². The van der Waals surface area contributed by atoms with Crippen LogP contribution in [0, 0.1) is 0 Å². The molecule has 614 valence electrons. The largest absolute Gasteiger partial charge is 0.481 e. The number of carbonyl (C=O) groups excluding carboxylic acids is 5. The summed E-state index contributed by atoms with van der Waals surface area (Å²) in [4.78, 5) is 74.1. The Labute approximate surface area is 703 Å². The summed E-state index contributed by atoms with van der Waals surface area (Å²) < 4.78 is 11.8. The third-order valence-corrected chi connectivity index (χ3v) is 22.1. The summed E-state index contributed by atoms with van der Waals surface area (Å²) >= 11 is 0. The van der Waals surface area contributed by atoms with Gasteiger partial charge in [0.15, 0.2) is 11.7 Å². The van der Waals surface area contributed by atoms with E-state index in [0.29, 0.717) is 70.4 Å². The van der Waals surface area contributed by atoms with Gasteiger partial charge in [-0.2, -0.15) is 25.5 Å². The lowest BCUT2D eigenvalue weighted by molar-refractivity contribution is -0.146. The number of anilines is 2. The zero-order chi connectivity index (χ0) is 83.6. The number of para-hydroxylation sites is 4. The Balaban J connectivity index is 0.000000118. The van der Waals surface area contributed by atoms with Crippen molar-refractivity contribution in [3.63, 3.8) is 0 Å². The van der Waals surface area contributed by atoms with Crippen LogP contribution >= 0.6 is 0 Å². The minimum Gasteiger partial charge on any atom is -0.481 e. The van der Waals surface area contributed by atoms with E-state index in [-0.39, 0.29) is 29.9 Å². The Morgan fingerprint density at radius 2 is 0.661 bits per heavy atom. The van der Waals surface area contributed by atoms with Crippen LogP contribution in [0.1, 0.15) is 77.1 Å².